The van der Waals surface area contributed by atoms with Gasteiger partial charge in [-0.2, -0.15) is 0 Å². The molecule has 0 saturated heterocycles. The summed E-state index contributed by atoms with van der Waals surface area (Å²) in [6, 6.07) is 11.5. The highest BCUT2D eigenvalue weighted by Gasteiger charge is 2.37. The van der Waals surface area contributed by atoms with Crippen LogP contribution in [0, 0.1) is 11.6 Å². The summed E-state index contributed by atoms with van der Waals surface area (Å²) in [6.45, 7) is 1.51. The van der Waals surface area contributed by atoms with Gasteiger partial charge in [0, 0.05) is 0 Å². The molecule has 0 spiro atoms. The van der Waals surface area contributed by atoms with Gasteiger partial charge in [-0.1, -0.05) is 24.3 Å². The van der Waals surface area contributed by atoms with Gasteiger partial charge in [-0.3, -0.25) is 0 Å². The Labute approximate surface area is 121 Å². The van der Waals surface area contributed by atoms with Crippen molar-refractivity contribution >= 4 is 11.7 Å². The summed E-state index contributed by atoms with van der Waals surface area (Å²) in [5, 5.41) is 2.80. The number of hydrogen-bond donors (Lipinski definition) is 1. The van der Waals surface area contributed by atoms with E-state index in [0.29, 0.717) is 5.56 Å². The standard InChI is InChI=1S/C16H15F2NO2/c1-16(15(20)21-2,11-6-5-7-12(17)10-11)19-14-9-4-3-8-13(14)18/h3-10,19H,1-2H3. The number of anilines is 1. The maximum Gasteiger partial charge on any atom is 0.335 e. The molecule has 2 aromatic carbocycles. The van der Waals surface area contributed by atoms with E-state index in [9.17, 15) is 13.6 Å². The van der Waals surface area contributed by atoms with Gasteiger partial charge in [-0.15, -0.1) is 0 Å². The van der Waals surface area contributed by atoms with Gasteiger partial charge in [0.15, 0.2) is 5.54 Å². The minimum absolute atomic E-state index is 0.134. The van der Waals surface area contributed by atoms with Crippen LogP contribution < -0.4 is 5.32 Å². The average molecular weight is 291 g/mol. The monoisotopic (exact) mass is 291 g/mol. The zero-order valence-corrected chi connectivity index (χ0v) is 11.7. The molecule has 0 aliphatic carbocycles. The minimum Gasteiger partial charge on any atom is -0.467 e. The van der Waals surface area contributed by atoms with Crippen molar-refractivity contribution in [3.8, 4) is 0 Å². The Balaban J connectivity index is 2.48. The first-order valence-electron chi connectivity index (χ1n) is 6.34. The Morgan fingerprint density at radius 2 is 1.86 bits per heavy atom. The van der Waals surface area contributed by atoms with Gasteiger partial charge in [0.05, 0.1) is 12.8 Å². The lowest BCUT2D eigenvalue weighted by molar-refractivity contribution is -0.145. The molecule has 0 radical (unpaired) electrons. The summed E-state index contributed by atoms with van der Waals surface area (Å²) >= 11 is 0. The molecule has 0 bridgehead atoms. The highest BCUT2D eigenvalue weighted by Crippen LogP contribution is 2.29. The van der Waals surface area contributed by atoms with E-state index < -0.39 is 23.1 Å². The number of hydrogen-bond acceptors (Lipinski definition) is 3. The summed E-state index contributed by atoms with van der Waals surface area (Å²) in [6.07, 6.45) is 0. The lowest BCUT2D eigenvalue weighted by Gasteiger charge is -2.29. The fourth-order valence-corrected chi connectivity index (χ4v) is 2.08. The first-order valence-corrected chi connectivity index (χ1v) is 6.34. The molecule has 3 nitrogen and oxygen atoms in total. The number of carbonyl (C=O) groups is 1. The molecule has 21 heavy (non-hydrogen) atoms. The van der Waals surface area contributed by atoms with Crippen molar-refractivity contribution in [3.63, 3.8) is 0 Å². The molecule has 1 unspecified atom stereocenters. The van der Waals surface area contributed by atoms with E-state index in [1.165, 1.54) is 50.4 Å². The normalized spacial score (nSPS) is 13.3. The molecule has 2 rings (SSSR count). The largest absolute Gasteiger partial charge is 0.467 e. The van der Waals surface area contributed by atoms with Crippen LogP contribution in [0.4, 0.5) is 14.5 Å². The SMILES string of the molecule is COC(=O)C(C)(Nc1ccccc1F)c1cccc(F)c1. The highest BCUT2D eigenvalue weighted by atomic mass is 19.1. The van der Waals surface area contributed by atoms with Crippen LogP contribution in [0.3, 0.4) is 0 Å². The van der Waals surface area contributed by atoms with Crippen molar-refractivity contribution in [2.24, 2.45) is 0 Å². The first-order chi connectivity index (χ1) is 9.97. The highest BCUT2D eigenvalue weighted by molar-refractivity contribution is 5.85. The Morgan fingerprint density at radius 3 is 2.48 bits per heavy atom. The molecule has 0 saturated carbocycles. The van der Waals surface area contributed by atoms with E-state index in [1.807, 2.05) is 0 Å². The lowest BCUT2D eigenvalue weighted by Crippen LogP contribution is -2.41. The molecule has 0 fully saturated rings. The third-order valence-corrected chi connectivity index (χ3v) is 3.25. The van der Waals surface area contributed by atoms with Crippen molar-refractivity contribution in [2.45, 2.75) is 12.5 Å². The fourth-order valence-electron chi connectivity index (χ4n) is 2.08. The molecule has 0 heterocycles. The Kier molecular flexibility index (Phi) is 4.21. The van der Waals surface area contributed by atoms with E-state index in [0.717, 1.165) is 0 Å². The van der Waals surface area contributed by atoms with Crippen LogP contribution in [0.15, 0.2) is 48.5 Å². The maximum absolute atomic E-state index is 13.8. The summed E-state index contributed by atoms with van der Waals surface area (Å²) in [5.41, 5.74) is -0.925. The third-order valence-electron chi connectivity index (χ3n) is 3.25. The summed E-state index contributed by atoms with van der Waals surface area (Å²) in [4.78, 5) is 12.1. The average Bonchev–Trinajstić information content (AvgIpc) is 2.48. The second kappa shape index (κ2) is 5.91. The van der Waals surface area contributed by atoms with Crippen molar-refractivity contribution in [2.75, 3.05) is 12.4 Å². The van der Waals surface area contributed by atoms with Gasteiger partial charge < -0.3 is 10.1 Å². The summed E-state index contributed by atoms with van der Waals surface area (Å²) in [5.74, 6) is -1.64. The predicted octanol–water partition coefficient (Wildman–Crippen LogP) is 3.47. The van der Waals surface area contributed by atoms with E-state index in [4.69, 9.17) is 4.74 Å². The van der Waals surface area contributed by atoms with Crippen molar-refractivity contribution < 1.29 is 18.3 Å². The van der Waals surface area contributed by atoms with Crippen LogP contribution >= 0.6 is 0 Å². The molecule has 0 aliphatic rings. The van der Waals surface area contributed by atoms with E-state index in [-0.39, 0.29) is 5.69 Å². The molecule has 5 heteroatoms. The van der Waals surface area contributed by atoms with Crippen molar-refractivity contribution in [1.29, 1.82) is 0 Å². The minimum atomic E-state index is -1.40. The first kappa shape index (κ1) is 15.0. The molecular formula is C16H15F2NO2. The van der Waals surface area contributed by atoms with Gasteiger partial charge in [0.25, 0.3) is 0 Å². The smallest absolute Gasteiger partial charge is 0.335 e. The Bertz CT molecular complexity index is 660. The van der Waals surface area contributed by atoms with Crippen LogP contribution in [-0.4, -0.2) is 13.1 Å². The van der Waals surface area contributed by atoms with Crippen LogP contribution in [0.2, 0.25) is 0 Å². The van der Waals surface area contributed by atoms with Gasteiger partial charge in [-0.05, 0) is 36.8 Å². The van der Waals surface area contributed by atoms with Gasteiger partial charge in [0.2, 0.25) is 0 Å². The molecule has 2 aromatic rings. The third kappa shape index (κ3) is 3.02. The maximum atomic E-state index is 13.8. The second-order valence-corrected chi connectivity index (χ2v) is 4.73. The topological polar surface area (TPSA) is 38.3 Å². The molecule has 1 N–H and O–H groups in total. The molecule has 110 valence electrons. The van der Waals surface area contributed by atoms with Crippen molar-refractivity contribution in [3.05, 3.63) is 65.7 Å². The molecule has 0 aliphatic heterocycles. The van der Waals surface area contributed by atoms with Gasteiger partial charge in [-0.25, -0.2) is 13.6 Å². The second-order valence-electron chi connectivity index (χ2n) is 4.73. The summed E-state index contributed by atoms with van der Waals surface area (Å²) in [7, 11) is 1.23. The van der Waals surface area contributed by atoms with E-state index in [1.54, 1.807) is 12.1 Å². The van der Waals surface area contributed by atoms with Crippen LogP contribution in [0.5, 0.6) is 0 Å². The van der Waals surface area contributed by atoms with Crippen molar-refractivity contribution in [1.82, 2.24) is 0 Å². The number of nitrogens with one attached hydrogen (secondary N) is 1. The van der Waals surface area contributed by atoms with Crippen LogP contribution in [0.1, 0.15) is 12.5 Å². The fraction of sp³-hybridized carbons (Fsp3) is 0.188. The molecule has 1 atom stereocenters. The van der Waals surface area contributed by atoms with E-state index in [2.05, 4.69) is 5.32 Å². The predicted molar refractivity (Wildman–Crippen MR) is 75.8 cm³/mol. The van der Waals surface area contributed by atoms with Gasteiger partial charge >= 0.3 is 5.97 Å². The van der Waals surface area contributed by atoms with Crippen LogP contribution in [-0.2, 0) is 15.1 Å². The van der Waals surface area contributed by atoms with Crippen LogP contribution in [0.25, 0.3) is 0 Å². The van der Waals surface area contributed by atoms with E-state index >= 15 is 0 Å². The van der Waals surface area contributed by atoms with Gasteiger partial charge in [0.1, 0.15) is 11.6 Å². The molecular weight excluding hydrogens is 276 g/mol. The number of para-hydroxylation sites is 1. The number of carbonyl (C=O) groups excluding carboxylic acids is 1. The number of methoxy groups -OCH3 is 1. The lowest BCUT2D eigenvalue weighted by atomic mass is 9.91. The molecule has 0 amide bonds. The number of rotatable bonds is 4. The number of benzene rings is 2. The molecule has 0 aromatic heterocycles. The number of halogens is 2. The summed E-state index contributed by atoms with van der Waals surface area (Å²) < 4.78 is 32.0. The Hall–Kier alpha value is -2.43. The zero-order chi connectivity index (χ0) is 15.5. The number of ether oxygens (including phenoxy) is 1. The quantitative estimate of drug-likeness (QED) is 0.877. The zero-order valence-electron chi connectivity index (χ0n) is 11.7. The Morgan fingerprint density at radius 1 is 1.14 bits per heavy atom. The number of esters is 1.